The Hall–Kier alpha value is -0.650. The van der Waals surface area contributed by atoms with Gasteiger partial charge in [0.05, 0.1) is 19.1 Å². The van der Waals surface area contributed by atoms with Gasteiger partial charge in [0.2, 0.25) is 5.91 Å². The maximum absolute atomic E-state index is 10.9. The van der Waals surface area contributed by atoms with Crippen molar-refractivity contribution < 1.29 is 14.3 Å². The highest BCUT2D eigenvalue weighted by Gasteiger charge is 2.36. The van der Waals surface area contributed by atoms with Crippen LogP contribution in [0.2, 0.25) is 0 Å². The molecule has 1 saturated heterocycles. The van der Waals surface area contributed by atoms with Gasteiger partial charge in [-0.2, -0.15) is 0 Å². The van der Waals surface area contributed by atoms with Crippen LogP contribution < -0.4 is 11.3 Å². The van der Waals surface area contributed by atoms with Crippen LogP contribution in [0.3, 0.4) is 0 Å². The summed E-state index contributed by atoms with van der Waals surface area (Å²) in [6.07, 6.45) is 0.175. The molecule has 5 heteroatoms. The first kappa shape index (κ1) is 9.44. The number of carbonyl (C=O) groups is 1. The molecule has 1 aliphatic rings. The summed E-state index contributed by atoms with van der Waals surface area (Å²) in [6, 6.07) is 0. The first-order valence-electron chi connectivity index (χ1n) is 3.87. The molecule has 0 spiro atoms. The molecule has 3 N–H and O–H groups in total. The van der Waals surface area contributed by atoms with Crippen LogP contribution in [-0.4, -0.2) is 24.4 Å². The minimum absolute atomic E-state index is 0.0422. The molecule has 0 saturated carbocycles. The van der Waals surface area contributed by atoms with Crippen LogP contribution >= 0.6 is 0 Å². The van der Waals surface area contributed by atoms with Crippen LogP contribution in [0.25, 0.3) is 0 Å². The third-order valence-corrected chi connectivity index (χ3v) is 1.72. The molecular formula is C7H14N2O3. The second-order valence-electron chi connectivity index (χ2n) is 3.12. The maximum atomic E-state index is 10.9. The molecule has 1 aliphatic heterocycles. The van der Waals surface area contributed by atoms with Crippen molar-refractivity contribution in [3.8, 4) is 0 Å². The predicted octanol–water partition coefficient (Wildman–Crippen LogP) is -0.482. The number of nitrogens with one attached hydrogen (secondary N) is 1. The predicted molar refractivity (Wildman–Crippen MR) is 41.9 cm³/mol. The van der Waals surface area contributed by atoms with E-state index in [-0.39, 0.29) is 18.4 Å². The van der Waals surface area contributed by atoms with Crippen molar-refractivity contribution >= 4 is 5.91 Å². The highest BCUT2D eigenvalue weighted by Crippen LogP contribution is 2.25. The Morgan fingerprint density at radius 3 is 2.92 bits per heavy atom. The number of hydrazine groups is 1. The Labute approximate surface area is 71.2 Å². The van der Waals surface area contributed by atoms with Gasteiger partial charge < -0.3 is 9.47 Å². The van der Waals surface area contributed by atoms with Crippen LogP contribution in [0, 0.1) is 0 Å². The fraction of sp³-hybridized carbons (Fsp3) is 0.857. The number of hydrogen-bond acceptors (Lipinski definition) is 4. The van der Waals surface area contributed by atoms with E-state index in [0.717, 1.165) is 0 Å². The maximum Gasteiger partial charge on any atom is 0.239 e. The van der Waals surface area contributed by atoms with E-state index >= 15 is 0 Å². The zero-order valence-corrected chi connectivity index (χ0v) is 7.29. The van der Waals surface area contributed by atoms with Gasteiger partial charge in [-0.1, -0.05) is 0 Å². The van der Waals surface area contributed by atoms with Crippen LogP contribution in [-0.2, 0) is 14.3 Å². The molecule has 0 bridgehead atoms. The van der Waals surface area contributed by atoms with Gasteiger partial charge in [0.25, 0.3) is 0 Å². The fourth-order valence-corrected chi connectivity index (χ4v) is 1.22. The molecule has 0 aromatic carbocycles. The monoisotopic (exact) mass is 174 g/mol. The van der Waals surface area contributed by atoms with E-state index in [1.54, 1.807) is 6.92 Å². The summed E-state index contributed by atoms with van der Waals surface area (Å²) >= 11 is 0. The smallest absolute Gasteiger partial charge is 0.239 e. The highest BCUT2D eigenvalue weighted by molar-refractivity contribution is 5.76. The molecule has 1 fully saturated rings. The zero-order chi connectivity index (χ0) is 9.19. The van der Waals surface area contributed by atoms with Crippen LogP contribution in [0.15, 0.2) is 0 Å². The summed E-state index contributed by atoms with van der Waals surface area (Å²) in [4.78, 5) is 10.9. The molecule has 2 atom stereocenters. The number of nitrogens with two attached hydrogens (primary N) is 1. The Balaban J connectivity index is 2.45. The first-order chi connectivity index (χ1) is 5.56. The average Bonchev–Trinajstić information content (AvgIpc) is 2.30. The van der Waals surface area contributed by atoms with Crippen molar-refractivity contribution in [1.82, 2.24) is 5.43 Å². The van der Waals surface area contributed by atoms with Gasteiger partial charge in [-0.05, 0) is 13.8 Å². The molecule has 70 valence electrons. The molecule has 12 heavy (non-hydrogen) atoms. The SMILES string of the molecule is C[C@@H]1CO[C@@](C)(CC(=O)NN)O1. The van der Waals surface area contributed by atoms with Crippen LogP contribution in [0.1, 0.15) is 20.3 Å². The van der Waals surface area contributed by atoms with E-state index in [0.29, 0.717) is 6.61 Å². The van der Waals surface area contributed by atoms with Gasteiger partial charge in [-0.3, -0.25) is 10.2 Å². The molecule has 0 unspecified atom stereocenters. The van der Waals surface area contributed by atoms with Gasteiger partial charge in [0.15, 0.2) is 5.79 Å². The highest BCUT2D eigenvalue weighted by atomic mass is 16.7. The van der Waals surface area contributed by atoms with Crippen molar-refractivity contribution in [2.45, 2.75) is 32.2 Å². The summed E-state index contributed by atoms with van der Waals surface area (Å²) < 4.78 is 10.7. The van der Waals surface area contributed by atoms with E-state index in [1.165, 1.54) is 0 Å². The largest absolute Gasteiger partial charge is 0.347 e. The lowest BCUT2D eigenvalue weighted by Crippen LogP contribution is -2.38. The Morgan fingerprint density at radius 1 is 1.83 bits per heavy atom. The second kappa shape index (κ2) is 3.38. The number of hydrogen-bond donors (Lipinski definition) is 2. The molecule has 0 aromatic rings. The van der Waals surface area contributed by atoms with E-state index < -0.39 is 5.79 Å². The molecule has 0 aromatic heterocycles. The lowest BCUT2D eigenvalue weighted by atomic mass is 10.2. The Bertz CT molecular complexity index is 185. The fourth-order valence-electron chi connectivity index (χ4n) is 1.22. The standard InChI is InChI=1S/C7H14N2O3/c1-5-4-11-7(2,12-5)3-6(10)9-8/h5H,3-4,8H2,1-2H3,(H,9,10)/t5-,7-/m1/s1. The normalized spacial score (nSPS) is 35.1. The van der Waals surface area contributed by atoms with E-state index in [4.69, 9.17) is 15.3 Å². The second-order valence-corrected chi connectivity index (χ2v) is 3.12. The van der Waals surface area contributed by atoms with E-state index in [1.807, 2.05) is 12.3 Å². The van der Waals surface area contributed by atoms with Crippen molar-refractivity contribution in [1.29, 1.82) is 0 Å². The summed E-state index contributed by atoms with van der Waals surface area (Å²) in [5.41, 5.74) is 2.03. The topological polar surface area (TPSA) is 73.6 Å². The minimum Gasteiger partial charge on any atom is -0.347 e. The van der Waals surface area contributed by atoms with Crippen molar-refractivity contribution in [3.05, 3.63) is 0 Å². The number of ether oxygens (including phenoxy) is 2. The number of carbonyl (C=O) groups excluding carboxylic acids is 1. The summed E-state index contributed by atoms with van der Waals surface area (Å²) in [7, 11) is 0. The van der Waals surface area contributed by atoms with Gasteiger partial charge in [0.1, 0.15) is 0 Å². The van der Waals surface area contributed by atoms with Crippen molar-refractivity contribution in [2.24, 2.45) is 5.84 Å². The third kappa shape index (κ3) is 2.17. The first-order valence-corrected chi connectivity index (χ1v) is 3.87. The van der Waals surface area contributed by atoms with Gasteiger partial charge in [-0.25, -0.2) is 5.84 Å². The number of amides is 1. The lowest BCUT2D eigenvalue weighted by Gasteiger charge is -2.21. The average molecular weight is 174 g/mol. The summed E-state index contributed by atoms with van der Waals surface area (Å²) in [5.74, 6) is 3.84. The molecule has 0 radical (unpaired) electrons. The summed E-state index contributed by atoms with van der Waals surface area (Å²) in [6.45, 7) is 4.14. The van der Waals surface area contributed by atoms with E-state index in [9.17, 15) is 4.79 Å². The molecule has 0 aliphatic carbocycles. The lowest BCUT2D eigenvalue weighted by molar-refractivity contribution is -0.165. The molecule has 1 amide bonds. The molecule has 1 rings (SSSR count). The van der Waals surface area contributed by atoms with Crippen molar-refractivity contribution in [3.63, 3.8) is 0 Å². The third-order valence-electron chi connectivity index (χ3n) is 1.72. The molecule has 5 nitrogen and oxygen atoms in total. The van der Waals surface area contributed by atoms with Gasteiger partial charge in [-0.15, -0.1) is 0 Å². The molecule has 1 heterocycles. The van der Waals surface area contributed by atoms with Crippen molar-refractivity contribution in [2.75, 3.05) is 6.61 Å². The van der Waals surface area contributed by atoms with Gasteiger partial charge in [0, 0.05) is 0 Å². The van der Waals surface area contributed by atoms with Gasteiger partial charge >= 0.3 is 0 Å². The van der Waals surface area contributed by atoms with Crippen LogP contribution in [0.4, 0.5) is 0 Å². The Kier molecular flexibility index (Phi) is 2.66. The zero-order valence-electron chi connectivity index (χ0n) is 7.29. The van der Waals surface area contributed by atoms with Crippen LogP contribution in [0.5, 0.6) is 0 Å². The number of rotatable bonds is 2. The minimum atomic E-state index is -0.803. The van der Waals surface area contributed by atoms with E-state index in [2.05, 4.69) is 0 Å². The molecular weight excluding hydrogens is 160 g/mol. The summed E-state index contributed by atoms with van der Waals surface area (Å²) in [5, 5.41) is 0. The Morgan fingerprint density at radius 2 is 2.50 bits per heavy atom. The quantitative estimate of drug-likeness (QED) is 0.337.